The summed E-state index contributed by atoms with van der Waals surface area (Å²) in [6, 6.07) is 16.0. The lowest BCUT2D eigenvalue weighted by molar-refractivity contribution is 0.635. The van der Waals surface area contributed by atoms with Crippen LogP contribution in [0.4, 0.5) is 0 Å². The van der Waals surface area contributed by atoms with Crippen molar-refractivity contribution in [2.75, 3.05) is 12.8 Å². The normalized spacial score (nSPS) is 13.9. The molecule has 2 aromatic rings. The topological polar surface area (TPSA) is 29.1 Å². The highest BCUT2D eigenvalue weighted by atomic mass is 35.5. The summed E-state index contributed by atoms with van der Waals surface area (Å²) in [5.41, 5.74) is 3.46. The second-order valence-corrected chi connectivity index (χ2v) is 7.07. The lowest BCUT2D eigenvalue weighted by Crippen LogP contribution is -2.23. The van der Waals surface area contributed by atoms with Gasteiger partial charge in [-0.25, -0.2) is 0 Å². The Hall–Kier alpha value is -1.16. The molecule has 0 fully saturated rings. The third-order valence-corrected chi connectivity index (χ3v) is 5.03. The molecule has 4 heteroatoms. The predicted octanol–water partition coefficient (Wildman–Crippen LogP) is 3.86. The van der Waals surface area contributed by atoms with E-state index in [0.29, 0.717) is 16.5 Å². The fourth-order valence-corrected chi connectivity index (χ4v) is 3.70. The summed E-state index contributed by atoms with van der Waals surface area (Å²) in [6.07, 6.45) is 0. The molecular formula is C17H20ClNOS. The van der Waals surface area contributed by atoms with Crippen molar-refractivity contribution in [1.29, 1.82) is 0 Å². The van der Waals surface area contributed by atoms with Gasteiger partial charge in [0.05, 0.1) is 0 Å². The van der Waals surface area contributed by atoms with Crippen molar-refractivity contribution < 1.29 is 4.21 Å². The highest BCUT2D eigenvalue weighted by Crippen LogP contribution is 2.17. The first kappa shape index (κ1) is 16.2. The number of rotatable bonds is 6. The van der Waals surface area contributed by atoms with E-state index in [1.165, 1.54) is 11.1 Å². The van der Waals surface area contributed by atoms with E-state index in [2.05, 4.69) is 36.5 Å². The average molecular weight is 322 g/mol. The van der Waals surface area contributed by atoms with Crippen LogP contribution in [-0.2, 0) is 16.6 Å². The largest absolute Gasteiger partial charge is 0.312 e. The fourth-order valence-electron chi connectivity index (χ4n) is 2.16. The molecule has 2 unspecified atom stereocenters. The molecule has 112 valence electrons. The molecule has 0 aromatic heterocycles. The van der Waals surface area contributed by atoms with E-state index in [4.69, 9.17) is 11.6 Å². The van der Waals surface area contributed by atoms with Crippen LogP contribution in [-0.4, -0.2) is 17.0 Å². The van der Waals surface area contributed by atoms with Crippen molar-refractivity contribution >= 4 is 22.4 Å². The third-order valence-electron chi connectivity index (χ3n) is 3.42. The fraction of sp³-hybridized carbons (Fsp3) is 0.294. The van der Waals surface area contributed by atoms with Crippen LogP contribution >= 0.6 is 11.6 Å². The zero-order valence-corrected chi connectivity index (χ0v) is 13.9. The Morgan fingerprint density at radius 1 is 1.10 bits per heavy atom. The monoisotopic (exact) mass is 321 g/mol. The molecule has 0 saturated heterocycles. The van der Waals surface area contributed by atoms with E-state index in [0.717, 1.165) is 5.56 Å². The van der Waals surface area contributed by atoms with E-state index >= 15 is 0 Å². The molecule has 21 heavy (non-hydrogen) atoms. The summed E-state index contributed by atoms with van der Waals surface area (Å²) in [7, 11) is 0.988. The molecule has 0 bridgehead atoms. The Kier molecular flexibility index (Phi) is 5.97. The van der Waals surface area contributed by atoms with Crippen LogP contribution in [0.1, 0.15) is 22.7 Å². The Bertz CT molecular complexity index is 595. The Labute approximate surface area is 134 Å². The third kappa shape index (κ3) is 4.95. The van der Waals surface area contributed by atoms with Gasteiger partial charge >= 0.3 is 0 Å². The molecular weight excluding hydrogens is 302 g/mol. The summed E-state index contributed by atoms with van der Waals surface area (Å²) in [5, 5.41) is 3.96. The van der Waals surface area contributed by atoms with Crippen LogP contribution in [0.2, 0.25) is 5.02 Å². The summed E-state index contributed by atoms with van der Waals surface area (Å²) in [4.78, 5) is 0. The van der Waals surface area contributed by atoms with E-state index in [1.54, 1.807) is 0 Å². The molecule has 0 aliphatic carbocycles. The Morgan fingerprint density at radius 2 is 1.71 bits per heavy atom. The standard InChI is InChI=1S/C17H20ClNOS/c1-13-3-7-15(8-4-13)17(19-2)12-21(20)11-14-5-9-16(18)10-6-14/h3-10,17,19H,11-12H2,1-2H3. The molecule has 0 radical (unpaired) electrons. The lowest BCUT2D eigenvalue weighted by atomic mass is 10.1. The summed E-state index contributed by atoms with van der Waals surface area (Å²) in [6.45, 7) is 2.07. The SMILES string of the molecule is CNC(CS(=O)Cc1ccc(Cl)cc1)c1ccc(C)cc1. The Balaban J connectivity index is 1.99. The van der Waals surface area contributed by atoms with Gasteiger partial charge in [-0.05, 0) is 37.2 Å². The molecule has 2 nitrogen and oxygen atoms in total. The molecule has 0 spiro atoms. The van der Waals surface area contributed by atoms with Gasteiger partial charge in [-0.2, -0.15) is 0 Å². The quantitative estimate of drug-likeness (QED) is 0.875. The van der Waals surface area contributed by atoms with Crippen molar-refractivity contribution in [3.05, 3.63) is 70.2 Å². The van der Waals surface area contributed by atoms with Gasteiger partial charge in [-0.3, -0.25) is 4.21 Å². The number of hydrogen-bond acceptors (Lipinski definition) is 2. The van der Waals surface area contributed by atoms with Gasteiger partial charge in [0, 0.05) is 33.4 Å². The van der Waals surface area contributed by atoms with E-state index in [-0.39, 0.29) is 6.04 Å². The van der Waals surface area contributed by atoms with Gasteiger partial charge in [0.15, 0.2) is 0 Å². The van der Waals surface area contributed by atoms with Gasteiger partial charge in [0.2, 0.25) is 0 Å². The molecule has 0 aliphatic heterocycles. The minimum absolute atomic E-state index is 0.110. The van der Waals surface area contributed by atoms with E-state index < -0.39 is 10.8 Å². The zero-order valence-electron chi connectivity index (χ0n) is 12.3. The molecule has 2 aromatic carbocycles. The second-order valence-electron chi connectivity index (χ2n) is 5.13. The minimum atomic E-state index is -0.919. The minimum Gasteiger partial charge on any atom is -0.312 e. The van der Waals surface area contributed by atoms with Gasteiger partial charge in [-0.1, -0.05) is 53.6 Å². The molecule has 0 saturated carbocycles. The van der Waals surface area contributed by atoms with Crippen molar-refractivity contribution in [2.45, 2.75) is 18.7 Å². The zero-order chi connectivity index (χ0) is 15.2. The van der Waals surface area contributed by atoms with Crippen molar-refractivity contribution in [1.82, 2.24) is 5.32 Å². The molecule has 0 aliphatic rings. The number of halogens is 1. The first-order valence-corrected chi connectivity index (χ1v) is 8.78. The highest BCUT2D eigenvalue weighted by molar-refractivity contribution is 7.84. The summed E-state index contributed by atoms with van der Waals surface area (Å²) >= 11 is 5.86. The van der Waals surface area contributed by atoms with Gasteiger partial charge in [0.25, 0.3) is 0 Å². The average Bonchev–Trinajstić information content (AvgIpc) is 2.48. The van der Waals surface area contributed by atoms with Crippen LogP contribution in [0.25, 0.3) is 0 Å². The van der Waals surface area contributed by atoms with Crippen molar-refractivity contribution in [2.24, 2.45) is 0 Å². The first-order chi connectivity index (χ1) is 10.1. The van der Waals surface area contributed by atoms with Gasteiger partial charge in [0.1, 0.15) is 0 Å². The molecule has 0 heterocycles. The van der Waals surface area contributed by atoms with Gasteiger partial charge < -0.3 is 5.32 Å². The van der Waals surface area contributed by atoms with E-state index in [9.17, 15) is 4.21 Å². The maximum Gasteiger partial charge on any atom is 0.0486 e. The van der Waals surface area contributed by atoms with Crippen molar-refractivity contribution in [3.63, 3.8) is 0 Å². The number of benzene rings is 2. The molecule has 2 rings (SSSR count). The maximum absolute atomic E-state index is 12.3. The molecule has 2 atom stereocenters. The van der Waals surface area contributed by atoms with E-state index in [1.807, 2.05) is 31.3 Å². The van der Waals surface area contributed by atoms with Crippen LogP contribution in [0.5, 0.6) is 0 Å². The van der Waals surface area contributed by atoms with Crippen LogP contribution in [0.15, 0.2) is 48.5 Å². The van der Waals surface area contributed by atoms with Gasteiger partial charge in [-0.15, -0.1) is 0 Å². The Morgan fingerprint density at radius 3 is 2.29 bits per heavy atom. The number of nitrogens with one attached hydrogen (secondary N) is 1. The number of aryl methyl sites for hydroxylation is 1. The highest BCUT2D eigenvalue weighted by Gasteiger charge is 2.13. The maximum atomic E-state index is 12.3. The van der Waals surface area contributed by atoms with Crippen LogP contribution in [0, 0.1) is 6.92 Å². The van der Waals surface area contributed by atoms with Crippen LogP contribution < -0.4 is 5.32 Å². The lowest BCUT2D eigenvalue weighted by Gasteiger charge is -2.16. The summed E-state index contributed by atoms with van der Waals surface area (Å²) in [5.74, 6) is 1.16. The summed E-state index contributed by atoms with van der Waals surface area (Å²) < 4.78 is 12.3. The predicted molar refractivity (Wildman–Crippen MR) is 91.1 cm³/mol. The first-order valence-electron chi connectivity index (χ1n) is 6.91. The van der Waals surface area contributed by atoms with Crippen LogP contribution in [0.3, 0.4) is 0 Å². The molecule has 1 N–H and O–H groups in total. The number of hydrogen-bond donors (Lipinski definition) is 1. The van der Waals surface area contributed by atoms with Crippen molar-refractivity contribution in [3.8, 4) is 0 Å². The smallest absolute Gasteiger partial charge is 0.0486 e. The molecule has 0 amide bonds. The second kappa shape index (κ2) is 7.74.